The van der Waals surface area contributed by atoms with E-state index in [1.54, 1.807) is 19.1 Å². The van der Waals surface area contributed by atoms with E-state index >= 15 is 0 Å². The number of aryl methyl sites for hydroxylation is 1. The third-order valence-corrected chi connectivity index (χ3v) is 4.56. The first kappa shape index (κ1) is 22.1. The van der Waals surface area contributed by atoms with Crippen LogP contribution in [0.15, 0.2) is 35.5 Å². The minimum atomic E-state index is -0.958. The number of rotatable bonds is 4. The number of nitrogens with one attached hydrogen (secondary N) is 1. The van der Waals surface area contributed by atoms with Gasteiger partial charge in [-0.2, -0.15) is 0 Å². The Hall–Kier alpha value is -2.22. The number of ether oxygens (including phenoxy) is 1. The third-order valence-electron chi connectivity index (χ3n) is 4.36. The number of benzene rings is 1. The lowest BCUT2D eigenvalue weighted by Gasteiger charge is -2.30. The lowest BCUT2D eigenvalue weighted by Crippen LogP contribution is -2.38. The topological polar surface area (TPSA) is 89.6 Å². The highest BCUT2D eigenvalue weighted by atomic mass is 35.5. The summed E-state index contributed by atoms with van der Waals surface area (Å²) >= 11 is 5.94. The summed E-state index contributed by atoms with van der Waals surface area (Å²) < 4.78 is 19.9. The van der Waals surface area contributed by atoms with Crippen LogP contribution in [0, 0.1) is 5.82 Å². The highest BCUT2D eigenvalue weighted by molar-refractivity contribution is 6.30. The van der Waals surface area contributed by atoms with Gasteiger partial charge in [0.25, 0.3) is 5.91 Å². The van der Waals surface area contributed by atoms with Gasteiger partial charge in [-0.3, -0.25) is 9.79 Å². The quantitative estimate of drug-likeness (QED) is 0.779. The fourth-order valence-electron chi connectivity index (χ4n) is 3.04. The summed E-state index contributed by atoms with van der Waals surface area (Å²) in [6, 6.07) is 6.02. The Morgan fingerprint density at radius 3 is 2.86 bits per heavy atom. The standard InChI is InChI=1S/C19H20ClFN4O2.ClH/c1-3-11-6-12(20)8-23-17(11)18(26)24-13-4-5-15(21)14(7-13)19(2)10-27-9-16(22)25-19;/h4-8H,3,9-10H2,1-2H3,(H2,22,25)(H,24,26);1H/t19-;/m0./s1. The Balaban J connectivity index is 0.00000280. The van der Waals surface area contributed by atoms with Crippen LogP contribution in [0.5, 0.6) is 0 Å². The highest BCUT2D eigenvalue weighted by Gasteiger charge is 2.33. The number of nitrogens with two attached hydrogens (primary N) is 1. The molecule has 0 spiro atoms. The van der Waals surface area contributed by atoms with Crippen LogP contribution in [0.3, 0.4) is 0 Å². The fourth-order valence-corrected chi connectivity index (χ4v) is 3.22. The average molecular weight is 427 g/mol. The predicted octanol–water partition coefficient (Wildman–Crippen LogP) is 3.71. The number of carbonyl (C=O) groups is 1. The van der Waals surface area contributed by atoms with Crippen LogP contribution in [0.2, 0.25) is 5.02 Å². The van der Waals surface area contributed by atoms with E-state index < -0.39 is 17.3 Å². The van der Waals surface area contributed by atoms with E-state index in [0.29, 0.717) is 28.5 Å². The molecule has 0 bridgehead atoms. The molecule has 2 aromatic rings. The molecule has 1 aromatic heterocycles. The van der Waals surface area contributed by atoms with Gasteiger partial charge in [0.1, 0.15) is 29.5 Å². The summed E-state index contributed by atoms with van der Waals surface area (Å²) in [4.78, 5) is 21.1. The zero-order valence-electron chi connectivity index (χ0n) is 15.5. The van der Waals surface area contributed by atoms with Crippen molar-refractivity contribution < 1.29 is 13.9 Å². The Morgan fingerprint density at radius 1 is 1.43 bits per heavy atom. The Labute approximate surface area is 173 Å². The van der Waals surface area contributed by atoms with Crippen molar-refractivity contribution in [2.75, 3.05) is 18.5 Å². The number of anilines is 1. The summed E-state index contributed by atoms with van der Waals surface area (Å²) in [5.74, 6) is -0.541. The number of amides is 1. The molecule has 28 heavy (non-hydrogen) atoms. The van der Waals surface area contributed by atoms with Gasteiger partial charge >= 0.3 is 0 Å². The summed E-state index contributed by atoms with van der Waals surface area (Å²) in [5, 5.41) is 3.22. The largest absolute Gasteiger partial charge is 0.386 e. The molecular weight excluding hydrogens is 406 g/mol. The summed E-state index contributed by atoms with van der Waals surface area (Å²) in [6.45, 7) is 4.06. The molecule has 0 saturated heterocycles. The van der Waals surface area contributed by atoms with E-state index in [4.69, 9.17) is 22.1 Å². The van der Waals surface area contributed by atoms with E-state index in [2.05, 4.69) is 15.3 Å². The molecule has 1 aromatic carbocycles. The molecule has 1 aliphatic rings. The van der Waals surface area contributed by atoms with E-state index in [1.165, 1.54) is 18.3 Å². The zero-order valence-corrected chi connectivity index (χ0v) is 17.0. The number of pyridine rings is 1. The first-order chi connectivity index (χ1) is 12.8. The number of halogens is 3. The van der Waals surface area contributed by atoms with Crippen LogP contribution in [0.1, 0.15) is 35.5 Å². The van der Waals surface area contributed by atoms with Crippen molar-refractivity contribution in [1.29, 1.82) is 0 Å². The minimum absolute atomic E-state index is 0. The molecule has 6 nitrogen and oxygen atoms in total. The minimum Gasteiger partial charge on any atom is -0.386 e. The second-order valence-corrected chi connectivity index (χ2v) is 6.97. The van der Waals surface area contributed by atoms with Crippen molar-refractivity contribution in [1.82, 2.24) is 4.98 Å². The number of aliphatic imine (C=N–C) groups is 1. The van der Waals surface area contributed by atoms with Crippen molar-refractivity contribution in [2.24, 2.45) is 10.7 Å². The number of nitrogens with zero attached hydrogens (tertiary/aromatic N) is 2. The molecule has 150 valence electrons. The molecule has 2 heterocycles. The van der Waals surface area contributed by atoms with Crippen molar-refractivity contribution in [3.63, 3.8) is 0 Å². The number of hydrogen-bond acceptors (Lipinski definition) is 5. The first-order valence-corrected chi connectivity index (χ1v) is 8.88. The van der Waals surface area contributed by atoms with Gasteiger partial charge in [-0.15, -0.1) is 12.4 Å². The average Bonchev–Trinajstić information content (AvgIpc) is 2.62. The van der Waals surface area contributed by atoms with E-state index in [-0.39, 0.29) is 31.3 Å². The maximum absolute atomic E-state index is 14.4. The molecular formula is C19H21Cl2FN4O2. The molecule has 3 rings (SSSR count). The van der Waals surface area contributed by atoms with E-state index in [1.807, 2.05) is 6.92 Å². The summed E-state index contributed by atoms with van der Waals surface area (Å²) in [6.07, 6.45) is 2.03. The smallest absolute Gasteiger partial charge is 0.274 e. The van der Waals surface area contributed by atoms with Gasteiger partial charge in [-0.1, -0.05) is 18.5 Å². The van der Waals surface area contributed by atoms with E-state index in [9.17, 15) is 9.18 Å². The molecule has 0 fully saturated rings. The van der Waals surface area contributed by atoms with Crippen LogP contribution in [0.25, 0.3) is 0 Å². The molecule has 0 saturated carbocycles. The molecule has 1 amide bonds. The number of hydrogen-bond donors (Lipinski definition) is 2. The third kappa shape index (κ3) is 4.60. The van der Waals surface area contributed by atoms with Gasteiger partial charge < -0.3 is 15.8 Å². The molecule has 1 aliphatic heterocycles. The van der Waals surface area contributed by atoms with Gasteiger partial charge in [0.15, 0.2) is 0 Å². The van der Waals surface area contributed by atoms with Crippen LogP contribution in [-0.2, 0) is 16.7 Å². The fraction of sp³-hybridized carbons (Fsp3) is 0.316. The van der Waals surface area contributed by atoms with Gasteiger partial charge in [0.2, 0.25) is 0 Å². The molecule has 0 unspecified atom stereocenters. The van der Waals surface area contributed by atoms with Gasteiger partial charge in [-0.05, 0) is 43.2 Å². The Bertz CT molecular complexity index is 923. The van der Waals surface area contributed by atoms with Crippen molar-refractivity contribution in [2.45, 2.75) is 25.8 Å². The maximum Gasteiger partial charge on any atom is 0.274 e. The SMILES string of the molecule is CCc1cc(Cl)cnc1C(=O)Nc1ccc(F)c([C@]2(C)COCC(N)=N2)c1.Cl. The molecule has 0 radical (unpaired) electrons. The normalized spacial score (nSPS) is 18.8. The number of aromatic nitrogens is 1. The van der Waals surface area contributed by atoms with Crippen LogP contribution < -0.4 is 11.1 Å². The van der Waals surface area contributed by atoms with Crippen LogP contribution >= 0.6 is 24.0 Å². The summed E-state index contributed by atoms with van der Waals surface area (Å²) in [7, 11) is 0. The van der Waals surface area contributed by atoms with Crippen molar-refractivity contribution in [3.8, 4) is 0 Å². The second kappa shape index (κ2) is 8.86. The molecule has 1 atom stereocenters. The number of amidine groups is 1. The zero-order chi connectivity index (χ0) is 19.6. The number of carbonyl (C=O) groups excluding carboxylic acids is 1. The van der Waals surface area contributed by atoms with Gasteiger partial charge in [-0.25, -0.2) is 9.37 Å². The summed E-state index contributed by atoms with van der Waals surface area (Å²) in [5.41, 5.74) is 6.52. The lowest BCUT2D eigenvalue weighted by molar-refractivity contribution is 0.102. The van der Waals surface area contributed by atoms with Crippen LogP contribution in [-0.4, -0.2) is 29.9 Å². The van der Waals surface area contributed by atoms with Crippen LogP contribution in [0.4, 0.5) is 10.1 Å². The van der Waals surface area contributed by atoms with E-state index in [0.717, 1.165) is 5.56 Å². The lowest BCUT2D eigenvalue weighted by atomic mass is 9.91. The molecule has 3 N–H and O–H groups in total. The monoisotopic (exact) mass is 426 g/mol. The Kier molecular flexibility index (Phi) is 6.98. The van der Waals surface area contributed by atoms with Gasteiger partial charge in [0.05, 0.1) is 11.6 Å². The van der Waals surface area contributed by atoms with Crippen molar-refractivity contribution >= 4 is 41.4 Å². The Morgan fingerprint density at radius 2 is 2.18 bits per heavy atom. The predicted molar refractivity (Wildman–Crippen MR) is 110 cm³/mol. The molecule has 0 aliphatic carbocycles. The molecule has 9 heteroatoms. The first-order valence-electron chi connectivity index (χ1n) is 8.50. The highest BCUT2D eigenvalue weighted by Crippen LogP contribution is 2.32. The maximum atomic E-state index is 14.4. The second-order valence-electron chi connectivity index (χ2n) is 6.53. The van der Waals surface area contributed by atoms with Crippen molar-refractivity contribution in [3.05, 3.63) is 58.1 Å². The van der Waals surface area contributed by atoms with Gasteiger partial charge in [0, 0.05) is 17.4 Å².